The van der Waals surface area contributed by atoms with Gasteiger partial charge in [-0.05, 0) is 60.0 Å². The zero-order valence-electron chi connectivity index (χ0n) is 16.7. The molecule has 0 bridgehead atoms. The number of imidazole rings is 1. The highest BCUT2D eigenvalue weighted by Gasteiger charge is 2.27. The Morgan fingerprint density at radius 1 is 1.23 bits per heavy atom. The fraction of sp³-hybridized carbons (Fsp3) is 0.381. The van der Waals surface area contributed by atoms with Crippen LogP contribution in [0.4, 0.5) is 10.7 Å². The van der Waals surface area contributed by atoms with Crippen LogP contribution in [0.5, 0.6) is 0 Å². The van der Waals surface area contributed by atoms with Crippen molar-refractivity contribution in [1.29, 1.82) is 0 Å². The zero-order valence-corrected chi connectivity index (χ0v) is 18.2. The van der Waals surface area contributed by atoms with Gasteiger partial charge in [0.1, 0.15) is 4.60 Å². The van der Waals surface area contributed by atoms with E-state index in [4.69, 9.17) is 9.72 Å². The number of carbonyl (C=O) groups is 1. The van der Waals surface area contributed by atoms with Crippen molar-refractivity contribution >= 4 is 39.0 Å². The van der Waals surface area contributed by atoms with Crippen LogP contribution in [0.3, 0.4) is 0 Å². The largest absolute Gasteiger partial charge is 0.465 e. The summed E-state index contributed by atoms with van der Waals surface area (Å²) in [4.78, 5) is 22.1. The summed E-state index contributed by atoms with van der Waals surface area (Å²) in [6.45, 7) is 3.49. The fourth-order valence-corrected chi connectivity index (χ4v) is 4.15. The molecule has 9 heteroatoms. The molecule has 1 fully saturated rings. The summed E-state index contributed by atoms with van der Waals surface area (Å²) < 4.78 is 8.91. The van der Waals surface area contributed by atoms with Gasteiger partial charge in [-0.3, -0.25) is 4.57 Å². The van der Waals surface area contributed by atoms with Gasteiger partial charge in [-0.15, -0.1) is 0 Å². The van der Waals surface area contributed by atoms with Crippen LogP contribution >= 0.6 is 15.9 Å². The number of halogens is 1. The lowest BCUT2D eigenvalue weighted by molar-refractivity contribution is 0.0419. The first-order chi connectivity index (χ1) is 14.6. The van der Waals surface area contributed by atoms with Gasteiger partial charge >= 0.3 is 6.09 Å². The van der Waals surface area contributed by atoms with Crippen molar-refractivity contribution in [2.45, 2.75) is 32.0 Å². The van der Waals surface area contributed by atoms with E-state index in [1.165, 1.54) is 4.90 Å². The van der Waals surface area contributed by atoms with Crippen molar-refractivity contribution in [1.82, 2.24) is 19.4 Å². The van der Waals surface area contributed by atoms with E-state index in [0.29, 0.717) is 25.6 Å². The van der Waals surface area contributed by atoms with Crippen molar-refractivity contribution in [3.8, 4) is 0 Å². The molecule has 0 saturated carbocycles. The predicted octanol–water partition coefficient (Wildman–Crippen LogP) is 4.33. The van der Waals surface area contributed by atoms with Crippen LogP contribution in [-0.4, -0.2) is 56.4 Å². The highest BCUT2D eigenvalue weighted by molar-refractivity contribution is 9.10. The Bertz CT molecular complexity index is 1030. The van der Waals surface area contributed by atoms with Gasteiger partial charge in [0.05, 0.1) is 16.7 Å². The molecule has 1 aromatic carbocycles. The smallest absolute Gasteiger partial charge is 0.407 e. The van der Waals surface area contributed by atoms with Crippen molar-refractivity contribution in [2.24, 2.45) is 0 Å². The number of nitrogens with zero attached hydrogens (tertiary/aromatic N) is 4. The number of para-hydroxylation sites is 2. The molecular weight excluding hydrogens is 450 g/mol. The van der Waals surface area contributed by atoms with Gasteiger partial charge in [0, 0.05) is 25.7 Å². The lowest BCUT2D eigenvalue weighted by atomic mass is 10.1. The van der Waals surface area contributed by atoms with E-state index in [0.717, 1.165) is 34.2 Å². The summed E-state index contributed by atoms with van der Waals surface area (Å²) in [5.74, 6) is 0.699. The Balaban J connectivity index is 1.70. The summed E-state index contributed by atoms with van der Waals surface area (Å²) in [7, 11) is 0. The topological polar surface area (TPSA) is 92.5 Å². The van der Waals surface area contributed by atoms with E-state index in [9.17, 15) is 9.90 Å². The van der Waals surface area contributed by atoms with Crippen molar-refractivity contribution in [3.05, 3.63) is 52.8 Å². The number of hydrogen-bond donors (Lipinski definition) is 2. The van der Waals surface area contributed by atoms with E-state index < -0.39 is 12.3 Å². The van der Waals surface area contributed by atoms with Crippen molar-refractivity contribution < 1.29 is 14.6 Å². The lowest BCUT2D eigenvalue weighted by Crippen LogP contribution is -2.42. The van der Waals surface area contributed by atoms with E-state index in [-0.39, 0.29) is 6.04 Å². The first-order valence-corrected chi connectivity index (χ1v) is 10.8. The van der Waals surface area contributed by atoms with Gasteiger partial charge in [0.15, 0.2) is 6.23 Å². The minimum atomic E-state index is -0.863. The predicted molar refractivity (Wildman–Crippen MR) is 118 cm³/mol. The molecule has 158 valence electrons. The van der Waals surface area contributed by atoms with E-state index >= 15 is 0 Å². The highest BCUT2D eigenvalue weighted by atomic mass is 79.9. The molecule has 0 spiro atoms. The average molecular weight is 474 g/mol. The van der Waals surface area contributed by atoms with Crippen LogP contribution in [0.2, 0.25) is 0 Å². The number of rotatable bonds is 6. The number of pyridine rings is 1. The number of fused-ring (bicyclic) bond motifs is 1. The minimum Gasteiger partial charge on any atom is -0.465 e. The first-order valence-electron chi connectivity index (χ1n) is 10.0. The number of aromatic nitrogens is 3. The molecule has 1 unspecified atom stereocenters. The second-order valence-corrected chi connectivity index (χ2v) is 7.99. The third kappa shape index (κ3) is 4.27. The zero-order chi connectivity index (χ0) is 21.1. The minimum absolute atomic E-state index is 0.133. The molecule has 0 radical (unpaired) electrons. The van der Waals surface area contributed by atoms with E-state index in [2.05, 4.69) is 26.2 Å². The maximum atomic E-state index is 11.2. The molecule has 2 aromatic heterocycles. The normalized spacial score (nSPS) is 16.0. The number of amides is 1. The Morgan fingerprint density at radius 2 is 2.00 bits per heavy atom. The van der Waals surface area contributed by atoms with Crippen LogP contribution < -0.4 is 5.32 Å². The van der Waals surface area contributed by atoms with Gasteiger partial charge in [0.25, 0.3) is 0 Å². The first kappa shape index (κ1) is 20.6. The maximum absolute atomic E-state index is 11.2. The van der Waals surface area contributed by atoms with Gasteiger partial charge in [0.2, 0.25) is 5.95 Å². The molecule has 1 atom stereocenters. The molecule has 2 N–H and O–H groups in total. The van der Waals surface area contributed by atoms with Crippen LogP contribution in [0, 0.1) is 0 Å². The van der Waals surface area contributed by atoms with E-state index in [1.54, 1.807) is 0 Å². The third-order valence-corrected chi connectivity index (χ3v) is 5.68. The number of benzene rings is 1. The standard InChI is InChI=1S/C21H24BrN5O3/c1-2-30-19(16-7-5-9-18(22)24-16)27-17-8-4-3-6-15(17)25-20(27)23-14-10-12-26(13-11-14)21(28)29/h3-9,14,19H,2,10-13H2,1H3,(H,23,25)(H,28,29). The monoisotopic (exact) mass is 473 g/mol. The number of carboxylic acid groups (broad SMARTS) is 1. The molecule has 1 aliphatic rings. The summed E-state index contributed by atoms with van der Waals surface area (Å²) >= 11 is 3.45. The number of ether oxygens (including phenoxy) is 1. The number of piperidine rings is 1. The lowest BCUT2D eigenvalue weighted by Gasteiger charge is -2.31. The molecular formula is C21H24BrN5O3. The molecule has 0 aliphatic carbocycles. The summed E-state index contributed by atoms with van der Waals surface area (Å²) in [6, 6.07) is 13.8. The van der Waals surface area contributed by atoms with Crippen LogP contribution in [-0.2, 0) is 4.74 Å². The van der Waals surface area contributed by atoms with Gasteiger partial charge < -0.3 is 20.1 Å². The quantitative estimate of drug-likeness (QED) is 0.517. The average Bonchev–Trinajstić information content (AvgIpc) is 3.10. The van der Waals surface area contributed by atoms with Gasteiger partial charge in [-0.2, -0.15) is 0 Å². The van der Waals surface area contributed by atoms with E-state index in [1.807, 2.05) is 54.0 Å². The van der Waals surface area contributed by atoms with Crippen LogP contribution in [0.1, 0.15) is 31.7 Å². The Hall–Kier alpha value is -2.65. The SMILES string of the molecule is CCOC(c1cccc(Br)n1)n1c(NC2CCN(C(=O)O)CC2)nc2ccccc21. The second-order valence-electron chi connectivity index (χ2n) is 7.18. The third-order valence-electron chi connectivity index (χ3n) is 5.24. The Morgan fingerprint density at radius 3 is 2.70 bits per heavy atom. The molecule has 1 aliphatic heterocycles. The van der Waals surface area contributed by atoms with Gasteiger partial charge in [-0.1, -0.05) is 18.2 Å². The number of anilines is 1. The molecule has 4 rings (SSSR count). The maximum Gasteiger partial charge on any atom is 0.407 e. The summed E-state index contributed by atoms with van der Waals surface area (Å²) in [6.07, 6.45) is 0.146. The highest BCUT2D eigenvalue weighted by Crippen LogP contribution is 2.30. The molecule has 8 nitrogen and oxygen atoms in total. The van der Waals surface area contributed by atoms with Gasteiger partial charge in [-0.25, -0.2) is 14.8 Å². The van der Waals surface area contributed by atoms with Crippen molar-refractivity contribution in [3.63, 3.8) is 0 Å². The van der Waals surface area contributed by atoms with Crippen molar-refractivity contribution in [2.75, 3.05) is 25.0 Å². The summed E-state index contributed by atoms with van der Waals surface area (Å²) in [5, 5.41) is 12.7. The molecule has 1 amide bonds. The second kappa shape index (κ2) is 9.01. The van der Waals surface area contributed by atoms with Crippen LogP contribution in [0.15, 0.2) is 47.1 Å². The molecule has 3 heterocycles. The number of nitrogens with one attached hydrogen (secondary N) is 1. The van der Waals surface area contributed by atoms with Crippen LogP contribution in [0.25, 0.3) is 11.0 Å². The molecule has 30 heavy (non-hydrogen) atoms. The Labute approximate surface area is 183 Å². The molecule has 1 saturated heterocycles. The summed E-state index contributed by atoms with van der Waals surface area (Å²) in [5.41, 5.74) is 2.59. The molecule has 3 aromatic rings. The number of hydrogen-bond acceptors (Lipinski definition) is 5. The number of likely N-dealkylation sites (tertiary alicyclic amines) is 1. The Kier molecular flexibility index (Phi) is 6.19. The fourth-order valence-electron chi connectivity index (χ4n) is 3.79.